The van der Waals surface area contributed by atoms with Gasteiger partial charge in [0.15, 0.2) is 0 Å². The Morgan fingerprint density at radius 2 is 1.81 bits per heavy atom. The molecule has 0 aromatic heterocycles. The van der Waals surface area contributed by atoms with Crippen LogP contribution in [0.1, 0.15) is 49.7 Å². The SMILES string of the molecule is COc1ccc(C)cc1CN(C)CC(=O)NCC12CC3CC(CC(C3)C1)C2. The number of hydrogen-bond donors (Lipinski definition) is 1. The number of hydrogen-bond acceptors (Lipinski definition) is 3. The molecule has 0 aliphatic heterocycles. The highest BCUT2D eigenvalue weighted by molar-refractivity contribution is 5.78. The van der Waals surface area contributed by atoms with Gasteiger partial charge in [0, 0.05) is 18.7 Å². The molecule has 0 saturated heterocycles. The van der Waals surface area contributed by atoms with Crippen LogP contribution in [-0.2, 0) is 11.3 Å². The Balaban J connectivity index is 1.29. The summed E-state index contributed by atoms with van der Waals surface area (Å²) in [6, 6.07) is 6.20. The van der Waals surface area contributed by atoms with E-state index in [1.54, 1.807) is 7.11 Å². The molecule has 1 aromatic rings. The van der Waals surface area contributed by atoms with E-state index in [2.05, 4.69) is 29.3 Å². The second-order valence-electron chi connectivity index (χ2n) is 9.68. The maximum Gasteiger partial charge on any atom is 0.234 e. The van der Waals surface area contributed by atoms with Gasteiger partial charge < -0.3 is 10.1 Å². The highest BCUT2D eigenvalue weighted by Crippen LogP contribution is 2.59. The van der Waals surface area contributed by atoms with Crippen molar-refractivity contribution in [3.63, 3.8) is 0 Å². The van der Waals surface area contributed by atoms with Gasteiger partial charge in [0.05, 0.1) is 13.7 Å². The molecule has 4 nitrogen and oxygen atoms in total. The summed E-state index contributed by atoms with van der Waals surface area (Å²) in [5.41, 5.74) is 2.75. The quantitative estimate of drug-likeness (QED) is 0.794. The van der Waals surface area contributed by atoms with Crippen molar-refractivity contribution in [2.75, 3.05) is 27.2 Å². The molecule has 0 spiro atoms. The molecule has 0 radical (unpaired) electrons. The number of rotatable bonds is 7. The summed E-state index contributed by atoms with van der Waals surface area (Å²) >= 11 is 0. The summed E-state index contributed by atoms with van der Waals surface area (Å²) in [6.45, 7) is 4.12. The van der Waals surface area contributed by atoms with Gasteiger partial charge in [-0.1, -0.05) is 17.7 Å². The number of nitrogens with zero attached hydrogens (tertiary/aromatic N) is 1. The fourth-order valence-corrected chi connectivity index (χ4v) is 6.47. The number of carbonyl (C=O) groups is 1. The molecular weight excluding hydrogens is 336 g/mol. The van der Waals surface area contributed by atoms with Crippen molar-refractivity contribution in [1.29, 1.82) is 0 Å². The van der Waals surface area contributed by atoms with Crippen molar-refractivity contribution >= 4 is 5.91 Å². The third kappa shape index (κ3) is 4.16. The number of nitrogens with one attached hydrogen (secondary N) is 1. The van der Waals surface area contributed by atoms with Gasteiger partial charge in [-0.15, -0.1) is 0 Å². The van der Waals surface area contributed by atoms with E-state index < -0.39 is 0 Å². The molecule has 4 fully saturated rings. The van der Waals surface area contributed by atoms with Crippen molar-refractivity contribution in [2.45, 2.75) is 52.0 Å². The van der Waals surface area contributed by atoms with E-state index in [9.17, 15) is 4.79 Å². The van der Waals surface area contributed by atoms with Crippen molar-refractivity contribution in [3.8, 4) is 5.75 Å². The number of methoxy groups -OCH3 is 1. The first-order valence-corrected chi connectivity index (χ1v) is 10.5. The van der Waals surface area contributed by atoms with Gasteiger partial charge in [0.25, 0.3) is 0 Å². The monoisotopic (exact) mass is 370 g/mol. The highest BCUT2D eigenvalue weighted by Gasteiger charge is 2.50. The Kier molecular flexibility index (Phi) is 5.19. The molecule has 4 saturated carbocycles. The standard InChI is InChI=1S/C23H34N2O2/c1-16-4-5-21(27-3)20(6-16)13-25(2)14-22(26)24-15-23-10-17-7-18(11-23)9-19(8-17)12-23/h4-6,17-19H,7-15H2,1-3H3,(H,24,26). The molecule has 1 amide bonds. The van der Waals surface area contributed by atoms with Gasteiger partial charge >= 0.3 is 0 Å². The molecule has 148 valence electrons. The van der Waals surface area contributed by atoms with Gasteiger partial charge in [-0.05, 0) is 81.7 Å². The van der Waals surface area contributed by atoms with Crippen LogP contribution in [0.4, 0.5) is 0 Å². The second kappa shape index (κ2) is 7.46. The minimum atomic E-state index is 0.153. The van der Waals surface area contributed by atoms with E-state index in [1.807, 2.05) is 13.1 Å². The zero-order chi connectivity index (χ0) is 19.0. The number of ether oxygens (including phenoxy) is 1. The summed E-state index contributed by atoms with van der Waals surface area (Å²) < 4.78 is 5.46. The van der Waals surface area contributed by atoms with Crippen LogP contribution in [0.5, 0.6) is 5.75 Å². The number of amides is 1. The van der Waals surface area contributed by atoms with E-state index >= 15 is 0 Å². The third-order valence-corrected chi connectivity index (χ3v) is 7.12. The number of aryl methyl sites for hydroxylation is 1. The van der Waals surface area contributed by atoms with Crippen LogP contribution < -0.4 is 10.1 Å². The Labute approximate surface area is 163 Å². The zero-order valence-electron chi connectivity index (χ0n) is 17.1. The Bertz CT molecular complexity index is 664. The molecule has 0 unspecified atom stereocenters. The number of carbonyl (C=O) groups excluding carboxylic acids is 1. The fraction of sp³-hybridized carbons (Fsp3) is 0.696. The van der Waals surface area contributed by atoms with E-state index in [0.717, 1.165) is 42.2 Å². The topological polar surface area (TPSA) is 41.6 Å². The summed E-state index contributed by atoms with van der Waals surface area (Å²) in [5, 5.41) is 3.28. The molecule has 4 bridgehead atoms. The summed E-state index contributed by atoms with van der Waals surface area (Å²) in [4.78, 5) is 14.6. The van der Waals surface area contributed by atoms with Crippen LogP contribution >= 0.6 is 0 Å². The van der Waals surface area contributed by atoms with E-state index in [1.165, 1.54) is 44.1 Å². The van der Waals surface area contributed by atoms with Crippen molar-refractivity contribution in [3.05, 3.63) is 29.3 Å². The molecule has 4 heteroatoms. The Morgan fingerprint density at radius 3 is 2.41 bits per heavy atom. The normalized spacial score (nSPS) is 31.3. The average molecular weight is 371 g/mol. The first kappa shape index (κ1) is 18.8. The van der Waals surface area contributed by atoms with Crippen LogP contribution in [0.25, 0.3) is 0 Å². The van der Waals surface area contributed by atoms with Gasteiger partial charge in [-0.2, -0.15) is 0 Å². The molecule has 1 aromatic carbocycles. The van der Waals surface area contributed by atoms with Gasteiger partial charge in [-0.25, -0.2) is 0 Å². The summed E-state index contributed by atoms with van der Waals surface area (Å²) in [6.07, 6.45) is 8.39. The third-order valence-electron chi connectivity index (χ3n) is 7.12. The van der Waals surface area contributed by atoms with Gasteiger partial charge in [0.1, 0.15) is 5.75 Å². The number of benzene rings is 1. The minimum absolute atomic E-state index is 0.153. The molecular formula is C23H34N2O2. The fourth-order valence-electron chi connectivity index (χ4n) is 6.47. The number of likely N-dealkylation sites (N-methyl/N-ethyl adjacent to an activating group) is 1. The lowest BCUT2D eigenvalue weighted by atomic mass is 9.49. The summed E-state index contributed by atoms with van der Waals surface area (Å²) in [5.74, 6) is 3.85. The van der Waals surface area contributed by atoms with Crippen molar-refractivity contribution in [1.82, 2.24) is 10.2 Å². The Hall–Kier alpha value is -1.55. The minimum Gasteiger partial charge on any atom is -0.496 e. The maximum absolute atomic E-state index is 12.6. The molecule has 0 heterocycles. The first-order valence-electron chi connectivity index (χ1n) is 10.5. The largest absolute Gasteiger partial charge is 0.496 e. The lowest BCUT2D eigenvalue weighted by Gasteiger charge is -2.56. The van der Waals surface area contributed by atoms with Crippen molar-refractivity contribution in [2.24, 2.45) is 23.2 Å². The van der Waals surface area contributed by atoms with Crippen LogP contribution in [0.15, 0.2) is 18.2 Å². The van der Waals surface area contributed by atoms with Crippen molar-refractivity contribution < 1.29 is 9.53 Å². The molecule has 1 N–H and O–H groups in total. The average Bonchev–Trinajstić information content (AvgIpc) is 2.59. The van der Waals surface area contributed by atoms with Crippen LogP contribution in [0, 0.1) is 30.1 Å². The predicted octanol–water partition coefficient (Wildman–Crippen LogP) is 3.77. The van der Waals surface area contributed by atoms with Crippen LogP contribution in [0.2, 0.25) is 0 Å². The zero-order valence-corrected chi connectivity index (χ0v) is 17.1. The lowest BCUT2D eigenvalue weighted by Crippen LogP contribution is -2.51. The maximum atomic E-state index is 12.6. The summed E-state index contributed by atoms with van der Waals surface area (Å²) in [7, 11) is 3.71. The smallest absolute Gasteiger partial charge is 0.234 e. The first-order chi connectivity index (χ1) is 12.9. The van der Waals surface area contributed by atoms with Gasteiger partial charge in [-0.3, -0.25) is 9.69 Å². The molecule has 5 rings (SSSR count). The van der Waals surface area contributed by atoms with Gasteiger partial charge in [0.2, 0.25) is 5.91 Å². The molecule has 0 atom stereocenters. The Morgan fingerprint density at radius 1 is 1.19 bits per heavy atom. The van der Waals surface area contributed by atoms with E-state index in [-0.39, 0.29) is 5.91 Å². The lowest BCUT2D eigenvalue weighted by molar-refractivity contribution is -0.124. The van der Waals surface area contributed by atoms with E-state index in [4.69, 9.17) is 4.74 Å². The van der Waals surface area contributed by atoms with Crippen LogP contribution in [-0.4, -0.2) is 38.1 Å². The van der Waals surface area contributed by atoms with E-state index in [0.29, 0.717) is 12.0 Å². The molecule has 4 aliphatic carbocycles. The predicted molar refractivity (Wildman–Crippen MR) is 108 cm³/mol. The second-order valence-corrected chi connectivity index (χ2v) is 9.68. The molecule has 27 heavy (non-hydrogen) atoms. The van der Waals surface area contributed by atoms with Crippen LogP contribution in [0.3, 0.4) is 0 Å². The molecule has 4 aliphatic rings. The highest BCUT2D eigenvalue weighted by atomic mass is 16.5.